The minimum absolute atomic E-state index is 0. The molecule has 0 spiro atoms. The standard InChI is InChI=1S/C10H14N2/c1-5-6(2)10(12)8(4)7(3)9(5)11/h11-12H,1-4H3/p+2. The molecule has 1 aliphatic rings. The Labute approximate surface area is 76.0 Å². The fraction of sp³-hybridized carbons (Fsp3) is 0.400. The van der Waals surface area contributed by atoms with Crippen molar-refractivity contribution in [2.75, 3.05) is 0 Å². The molecule has 1 aliphatic carbocycles. The maximum atomic E-state index is 7.74. The topological polar surface area (TPSA) is 47.7 Å². The zero-order valence-electron chi connectivity index (χ0n) is 10.0. The molecule has 0 aromatic rings. The fourth-order valence-electron chi connectivity index (χ4n) is 1.31. The number of hydrogen-bond acceptors (Lipinski definition) is 2. The Morgan fingerprint density at radius 3 is 1.00 bits per heavy atom. The van der Waals surface area contributed by atoms with Crippen molar-refractivity contribution >= 4 is 11.4 Å². The molecule has 1 rings (SSSR count). The van der Waals surface area contributed by atoms with E-state index in [0.717, 1.165) is 22.3 Å². The lowest BCUT2D eigenvalue weighted by Gasteiger charge is -2.19. The third-order valence-electron chi connectivity index (χ3n) is 2.62. The van der Waals surface area contributed by atoms with Gasteiger partial charge >= 0.3 is 2.85 Å². The van der Waals surface area contributed by atoms with Gasteiger partial charge < -0.3 is 10.8 Å². The van der Waals surface area contributed by atoms with Crippen LogP contribution in [-0.2, 0) is 0 Å². The first kappa shape index (κ1) is 8.91. The monoisotopic (exact) mass is 164 g/mol. The van der Waals surface area contributed by atoms with E-state index in [1.54, 1.807) is 0 Å². The Kier molecular flexibility index (Phi) is 2.01. The molecule has 0 aromatic heterocycles. The third-order valence-corrected chi connectivity index (χ3v) is 2.62. The molecule has 0 saturated carbocycles. The highest BCUT2D eigenvalue weighted by Gasteiger charge is 2.19. The van der Waals surface area contributed by atoms with Gasteiger partial charge in [-0.05, 0) is 50.0 Å². The van der Waals surface area contributed by atoms with Crippen LogP contribution in [0.3, 0.4) is 0 Å². The van der Waals surface area contributed by atoms with E-state index in [-0.39, 0.29) is 2.85 Å². The summed E-state index contributed by atoms with van der Waals surface area (Å²) in [4.78, 5) is 0. The SMILES string of the molecule is CC1=C(C)C(=N)C(C)=C(C)C1=N.[H+].[H+]. The van der Waals surface area contributed by atoms with Crippen molar-refractivity contribution in [3.8, 4) is 0 Å². The van der Waals surface area contributed by atoms with Crippen LogP contribution in [0.25, 0.3) is 0 Å². The summed E-state index contributed by atoms with van der Waals surface area (Å²) in [7, 11) is 0. The lowest BCUT2D eigenvalue weighted by Crippen LogP contribution is -2.17. The van der Waals surface area contributed by atoms with Gasteiger partial charge in [0.1, 0.15) is 0 Å². The molecule has 0 radical (unpaired) electrons. The van der Waals surface area contributed by atoms with Crippen molar-refractivity contribution in [3.63, 3.8) is 0 Å². The molecule has 0 saturated heterocycles. The minimum Gasteiger partial charge on any atom is -0.300 e. The molecule has 0 unspecified atom stereocenters. The van der Waals surface area contributed by atoms with Gasteiger partial charge in [-0.15, -0.1) is 0 Å². The van der Waals surface area contributed by atoms with Gasteiger partial charge in [0.2, 0.25) is 0 Å². The molecule has 0 aromatic carbocycles. The fourth-order valence-corrected chi connectivity index (χ4v) is 1.31. The molecule has 2 N–H and O–H groups in total. The quantitative estimate of drug-likeness (QED) is 0.517. The van der Waals surface area contributed by atoms with Gasteiger partial charge in [-0.1, -0.05) is 0 Å². The van der Waals surface area contributed by atoms with E-state index in [0.29, 0.717) is 11.4 Å². The molecule has 2 heteroatoms. The lowest BCUT2D eigenvalue weighted by atomic mass is 9.86. The van der Waals surface area contributed by atoms with Crippen molar-refractivity contribution in [1.82, 2.24) is 0 Å². The molecule has 0 heterocycles. The van der Waals surface area contributed by atoms with E-state index in [2.05, 4.69) is 0 Å². The van der Waals surface area contributed by atoms with Crippen LogP contribution in [-0.4, -0.2) is 11.4 Å². The van der Waals surface area contributed by atoms with E-state index in [9.17, 15) is 0 Å². The molecule has 0 fully saturated rings. The van der Waals surface area contributed by atoms with Crippen LogP contribution in [0.4, 0.5) is 0 Å². The zero-order chi connectivity index (χ0) is 9.46. The molecule has 64 valence electrons. The Morgan fingerprint density at radius 2 is 0.833 bits per heavy atom. The average Bonchev–Trinajstić information content (AvgIpc) is 2.08. The Balaban J connectivity index is 0. The summed E-state index contributed by atoms with van der Waals surface area (Å²) in [5, 5.41) is 15.5. The highest BCUT2D eigenvalue weighted by atomic mass is 14.5. The smallest absolute Gasteiger partial charge is 0.300 e. The molecular weight excluding hydrogens is 148 g/mol. The van der Waals surface area contributed by atoms with Crippen molar-refractivity contribution in [3.05, 3.63) is 22.3 Å². The van der Waals surface area contributed by atoms with Gasteiger partial charge in [-0.3, -0.25) is 0 Å². The average molecular weight is 164 g/mol. The molecular formula is C10H16N2+2. The van der Waals surface area contributed by atoms with Crippen LogP contribution in [0.15, 0.2) is 22.3 Å². The van der Waals surface area contributed by atoms with Crippen LogP contribution in [0.5, 0.6) is 0 Å². The van der Waals surface area contributed by atoms with Gasteiger partial charge in [-0.25, -0.2) is 0 Å². The summed E-state index contributed by atoms with van der Waals surface area (Å²) in [5.74, 6) is 0. The molecule has 12 heavy (non-hydrogen) atoms. The first-order valence-electron chi connectivity index (χ1n) is 4.00. The zero-order valence-corrected chi connectivity index (χ0v) is 8.00. The maximum absolute atomic E-state index is 7.74. The summed E-state index contributed by atoms with van der Waals surface area (Å²) < 4.78 is 0. The summed E-state index contributed by atoms with van der Waals surface area (Å²) in [6, 6.07) is 0. The summed E-state index contributed by atoms with van der Waals surface area (Å²) in [6.45, 7) is 7.62. The predicted octanol–water partition coefficient (Wildman–Crippen LogP) is 2.94. The van der Waals surface area contributed by atoms with Crippen molar-refractivity contribution in [2.45, 2.75) is 27.7 Å². The van der Waals surface area contributed by atoms with Crippen LogP contribution in [0, 0.1) is 10.8 Å². The van der Waals surface area contributed by atoms with Gasteiger partial charge in [0, 0.05) is 0 Å². The molecule has 0 bridgehead atoms. The molecule has 0 amide bonds. The van der Waals surface area contributed by atoms with E-state index in [1.807, 2.05) is 27.7 Å². The minimum atomic E-state index is 0. The molecule has 0 aliphatic heterocycles. The van der Waals surface area contributed by atoms with E-state index in [1.165, 1.54) is 0 Å². The highest BCUT2D eigenvalue weighted by Crippen LogP contribution is 2.23. The van der Waals surface area contributed by atoms with Gasteiger partial charge in [0.15, 0.2) is 0 Å². The second-order valence-electron chi connectivity index (χ2n) is 3.25. The normalized spacial score (nSPS) is 19.3. The van der Waals surface area contributed by atoms with Crippen molar-refractivity contribution < 1.29 is 2.85 Å². The van der Waals surface area contributed by atoms with E-state index >= 15 is 0 Å². The first-order valence-corrected chi connectivity index (χ1v) is 4.00. The summed E-state index contributed by atoms with van der Waals surface area (Å²) >= 11 is 0. The highest BCUT2D eigenvalue weighted by molar-refractivity contribution is 6.26. The van der Waals surface area contributed by atoms with Crippen LogP contribution >= 0.6 is 0 Å². The van der Waals surface area contributed by atoms with Crippen LogP contribution < -0.4 is 0 Å². The maximum Gasteiger partial charge on any atom is 1.00 e. The largest absolute Gasteiger partial charge is 1.00 e. The molecule has 0 atom stereocenters. The molecule has 2 nitrogen and oxygen atoms in total. The number of nitrogens with one attached hydrogen (secondary N) is 2. The number of allylic oxidation sites excluding steroid dienone is 4. The second kappa shape index (κ2) is 2.70. The number of hydrogen-bond donors (Lipinski definition) is 2. The first-order chi connectivity index (χ1) is 5.46. The van der Waals surface area contributed by atoms with E-state index in [4.69, 9.17) is 10.8 Å². The van der Waals surface area contributed by atoms with Gasteiger partial charge in [-0.2, -0.15) is 0 Å². The Bertz CT molecular complexity index is 276. The third kappa shape index (κ3) is 1.04. The predicted molar refractivity (Wildman–Crippen MR) is 54.4 cm³/mol. The second-order valence-corrected chi connectivity index (χ2v) is 3.25. The van der Waals surface area contributed by atoms with Gasteiger partial charge in [0.25, 0.3) is 0 Å². The summed E-state index contributed by atoms with van der Waals surface area (Å²) in [6.07, 6.45) is 0. The van der Waals surface area contributed by atoms with Crippen molar-refractivity contribution in [2.24, 2.45) is 0 Å². The number of rotatable bonds is 0. The Morgan fingerprint density at radius 1 is 0.667 bits per heavy atom. The van der Waals surface area contributed by atoms with Crippen LogP contribution in [0.2, 0.25) is 0 Å². The summed E-state index contributed by atoms with van der Waals surface area (Å²) in [5.41, 5.74) is 4.90. The lowest BCUT2D eigenvalue weighted by molar-refractivity contribution is 1.27. The van der Waals surface area contributed by atoms with Crippen molar-refractivity contribution in [1.29, 1.82) is 10.8 Å². The Hall–Kier alpha value is -1.18. The van der Waals surface area contributed by atoms with E-state index < -0.39 is 0 Å². The van der Waals surface area contributed by atoms with Gasteiger partial charge in [0.05, 0.1) is 11.4 Å². The van der Waals surface area contributed by atoms with Crippen LogP contribution in [0.1, 0.15) is 30.5 Å².